The van der Waals surface area contributed by atoms with E-state index in [0.717, 1.165) is 21.6 Å². The molecular formula is C14H17BrN4OS. The van der Waals surface area contributed by atoms with Gasteiger partial charge in [-0.2, -0.15) is 0 Å². The van der Waals surface area contributed by atoms with Crippen molar-refractivity contribution in [2.24, 2.45) is 0 Å². The van der Waals surface area contributed by atoms with Gasteiger partial charge in [0.2, 0.25) is 0 Å². The fourth-order valence-corrected chi connectivity index (χ4v) is 3.30. The van der Waals surface area contributed by atoms with Gasteiger partial charge in [-0.1, -0.05) is 41.2 Å². The van der Waals surface area contributed by atoms with Crippen LogP contribution < -0.4 is 11.1 Å². The van der Waals surface area contributed by atoms with Gasteiger partial charge in [0.25, 0.3) is 5.91 Å². The van der Waals surface area contributed by atoms with E-state index in [9.17, 15) is 4.79 Å². The predicted molar refractivity (Wildman–Crippen MR) is 89.9 cm³/mol. The highest BCUT2D eigenvalue weighted by molar-refractivity contribution is 9.10. The number of aryl methyl sites for hydroxylation is 1. The molecule has 1 aromatic heterocycles. The van der Waals surface area contributed by atoms with Crippen LogP contribution >= 0.6 is 27.5 Å². The molecule has 2 rings (SSSR count). The molecule has 1 heterocycles. The molecule has 21 heavy (non-hydrogen) atoms. The molecule has 0 saturated carbocycles. The maximum absolute atomic E-state index is 12.5. The highest BCUT2D eigenvalue weighted by Crippen LogP contribution is 2.30. The lowest BCUT2D eigenvalue weighted by Gasteiger charge is -2.17. The number of aromatic nitrogens is 2. The Balaban J connectivity index is 2.34. The lowest BCUT2D eigenvalue weighted by molar-refractivity contribution is 0.102. The van der Waals surface area contributed by atoms with Crippen molar-refractivity contribution in [3.8, 4) is 0 Å². The van der Waals surface area contributed by atoms with E-state index in [1.165, 1.54) is 0 Å². The number of rotatable bonds is 2. The second kappa shape index (κ2) is 5.73. The predicted octanol–water partition coefficient (Wildman–Crippen LogP) is 3.74. The van der Waals surface area contributed by atoms with Gasteiger partial charge in [-0.25, -0.2) is 0 Å². The summed E-state index contributed by atoms with van der Waals surface area (Å²) in [5.41, 5.74) is 8.47. The van der Waals surface area contributed by atoms with Crippen LogP contribution in [0.2, 0.25) is 0 Å². The Morgan fingerprint density at radius 2 is 2.05 bits per heavy atom. The van der Waals surface area contributed by atoms with Crippen molar-refractivity contribution in [2.45, 2.75) is 33.1 Å². The quantitative estimate of drug-likeness (QED) is 0.791. The molecule has 0 atom stereocenters. The number of nitrogens with two attached hydrogens (primary N) is 1. The van der Waals surface area contributed by atoms with E-state index >= 15 is 0 Å². The molecule has 0 aliphatic carbocycles. The van der Waals surface area contributed by atoms with Crippen LogP contribution in [0.3, 0.4) is 0 Å². The van der Waals surface area contributed by atoms with Crippen LogP contribution in [0, 0.1) is 6.92 Å². The lowest BCUT2D eigenvalue weighted by Crippen LogP contribution is -2.20. The number of halogens is 1. The van der Waals surface area contributed by atoms with Crippen LogP contribution in [0.25, 0.3) is 0 Å². The zero-order valence-electron chi connectivity index (χ0n) is 12.3. The Morgan fingerprint density at radius 1 is 1.38 bits per heavy atom. The molecule has 0 bridgehead atoms. The number of hydrogen-bond donors (Lipinski definition) is 2. The fraction of sp³-hybridized carbons (Fsp3) is 0.357. The van der Waals surface area contributed by atoms with Gasteiger partial charge in [-0.15, -0.1) is 5.10 Å². The Hall–Kier alpha value is -1.47. The Morgan fingerprint density at radius 3 is 2.62 bits per heavy atom. The van der Waals surface area contributed by atoms with E-state index in [-0.39, 0.29) is 11.3 Å². The van der Waals surface area contributed by atoms with E-state index in [0.29, 0.717) is 21.9 Å². The molecule has 2 aromatic rings. The van der Waals surface area contributed by atoms with Crippen LogP contribution in [0.5, 0.6) is 0 Å². The minimum atomic E-state index is -0.236. The van der Waals surface area contributed by atoms with Gasteiger partial charge < -0.3 is 11.1 Å². The van der Waals surface area contributed by atoms with E-state index in [1.807, 2.05) is 33.8 Å². The van der Waals surface area contributed by atoms with Crippen LogP contribution in [0.15, 0.2) is 16.6 Å². The second-order valence-corrected chi connectivity index (χ2v) is 7.51. The van der Waals surface area contributed by atoms with E-state index in [1.54, 1.807) is 6.07 Å². The highest BCUT2D eigenvalue weighted by Gasteiger charge is 2.26. The lowest BCUT2D eigenvalue weighted by atomic mass is 9.91. The van der Waals surface area contributed by atoms with Crippen LogP contribution in [0.1, 0.15) is 41.7 Å². The molecule has 0 unspecified atom stereocenters. The Kier molecular flexibility index (Phi) is 4.34. The summed E-state index contributed by atoms with van der Waals surface area (Å²) in [6.45, 7) is 7.89. The first-order valence-corrected chi connectivity index (χ1v) is 7.96. The summed E-state index contributed by atoms with van der Waals surface area (Å²) in [6, 6.07) is 3.67. The molecule has 1 amide bonds. The molecule has 0 aliphatic rings. The average molecular weight is 369 g/mol. The SMILES string of the molecule is Cc1cc(Br)cc(N)c1NC(=O)c1snnc1C(C)(C)C. The molecule has 3 N–H and O–H groups in total. The molecule has 0 saturated heterocycles. The third-order valence-corrected chi connectivity index (χ3v) is 4.16. The number of carbonyl (C=O) groups is 1. The largest absolute Gasteiger partial charge is 0.397 e. The van der Waals surface area contributed by atoms with Crippen molar-refractivity contribution in [3.63, 3.8) is 0 Å². The van der Waals surface area contributed by atoms with Crippen molar-refractivity contribution in [1.29, 1.82) is 0 Å². The first kappa shape index (κ1) is 15.9. The summed E-state index contributed by atoms with van der Waals surface area (Å²) in [6.07, 6.45) is 0. The molecule has 1 aromatic carbocycles. The minimum Gasteiger partial charge on any atom is -0.397 e. The number of amides is 1. The van der Waals surface area contributed by atoms with E-state index in [4.69, 9.17) is 5.73 Å². The standard InChI is InChI=1S/C14H17BrN4OS/c1-7-5-8(15)6-9(16)10(7)17-13(20)11-12(14(2,3)4)18-19-21-11/h5-6H,16H2,1-4H3,(H,17,20). The molecule has 0 radical (unpaired) electrons. The summed E-state index contributed by atoms with van der Waals surface area (Å²) in [4.78, 5) is 13.0. The maximum atomic E-state index is 12.5. The normalized spacial score (nSPS) is 11.5. The van der Waals surface area contributed by atoms with Gasteiger partial charge in [-0.05, 0) is 36.2 Å². The number of benzene rings is 1. The number of nitrogens with one attached hydrogen (secondary N) is 1. The van der Waals surface area contributed by atoms with Crippen LogP contribution in [-0.4, -0.2) is 15.5 Å². The van der Waals surface area contributed by atoms with Gasteiger partial charge >= 0.3 is 0 Å². The van der Waals surface area contributed by atoms with Crippen molar-refractivity contribution < 1.29 is 4.79 Å². The fourth-order valence-electron chi connectivity index (χ4n) is 1.94. The summed E-state index contributed by atoms with van der Waals surface area (Å²) in [5, 5.41) is 6.94. The molecule has 7 heteroatoms. The molecular weight excluding hydrogens is 352 g/mol. The molecule has 5 nitrogen and oxygen atoms in total. The number of nitrogen functional groups attached to an aromatic ring is 1. The third kappa shape index (κ3) is 3.41. The van der Waals surface area contributed by atoms with E-state index < -0.39 is 0 Å². The van der Waals surface area contributed by atoms with Crippen molar-refractivity contribution in [1.82, 2.24) is 9.59 Å². The second-order valence-electron chi connectivity index (χ2n) is 5.84. The molecule has 112 valence electrons. The van der Waals surface area contributed by atoms with Gasteiger partial charge in [0.15, 0.2) is 0 Å². The molecule has 0 fully saturated rings. The van der Waals surface area contributed by atoms with Crippen molar-refractivity contribution in [3.05, 3.63) is 32.7 Å². The highest BCUT2D eigenvalue weighted by atomic mass is 79.9. The molecule has 0 spiro atoms. The summed E-state index contributed by atoms with van der Waals surface area (Å²) in [7, 11) is 0. The summed E-state index contributed by atoms with van der Waals surface area (Å²) < 4.78 is 4.78. The zero-order valence-corrected chi connectivity index (χ0v) is 14.7. The van der Waals surface area contributed by atoms with Gasteiger partial charge in [0.05, 0.1) is 17.1 Å². The summed E-state index contributed by atoms with van der Waals surface area (Å²) >= 11 is 4.47. The smallest absolute Gasteiger partial charge is 0.269 e. The Bertz CT molecular complexity index is 668. The van der Waals surface area contributed by atoms with Crippen LogP contribution in [-0.2, 0) is 5.41 Å². The van der Waals surface area contributed by atoms with E-state index in [2.05, 4.69) is 30.8 Å². The zero-order chi connectivity index (χ0) is 15.8. The number of nitrogens with zero attached hydrogens (tertiary/aromatic N) is 2. The monoisotopic (exact) mass is 368 g/mol. The number of carbonyl (C=O) groups excluding carboxylic acids is 1. The van der Waals surface area contributed by atoms with Gasteiger partial charge in [0.1, 0.15) is 4.88 Å². The first-order valence-electron chi connectivity index (χ1n) is 6.40. The molecule has 0 aliphatic heterocycles. The number of hydrogen-bond acceptors (Lipinski definition) is 5. The van der Waals surface area contributed by atoms with Gasteiger partial charge in [0, 0.05) is 9.89 Å². The van der Waals surface area contributed by atoms with Crippen molar-refractivity contribution >= 4 is 44.7 Å². The van der Waals surface area contributed by atoms with Crippen molar-refractivity contribution in [2.75, 3.05) is 11.1 Å². The summed E-state index contributed by atoms with van der Waals surface area (Å²) in [5.74, 6) is -0.230. The Labute approximate surface area is 136 Å². The topological polar surface area (TPSA) is 80.9 Å². The third-order valence-electron chi connectivity index (χ3n) is 2.97. The maximum Gasteiger partial charge on any atom is 0.269 e. The van der Waals surface area contributed by atoms with Crippen LogP contribution in [0.4, 0.5) is 11.4 Å². The minimum absolute atomic E-state index is 0.230. The van der Waals surface area contributed by atoms with Gasteiger partial charge in [-0.3, -0.25) is 4.79 Å². The number of anilines is 2. The average Bonchev–Trinajstić information content (AvgIpc) is 2.82. The first-order chi connectivity index (χ1) is 9.70.